The van der Waals surface area contributed by atoms with Crippen LogP contribution in [0, 0.1) is 11.8 Å². The van der Waals surface area contributed by atoms with E-state index in [1.165, 1.54) is 6.42 Å². The minimum atomic E-state index is -0.991. The monoisotopic (exact) mass is 399 g/mol. The maximum atomic E-state index is 13.5. The highest BCUT2D eigenvalue weighted by Crippen LogP contribution is 2.57. The van der Waals surface area contributed by atoms with Gasteiger partial charge in [0.25, 0.3) is 0 Å². The molecule has 1 spiro atoms. The lowest BCUT2D eigenvalue weighted by molar-refractivity contribution is -0.142. The fourth-order valence-electron chi connectivity index (χ4n) is 6.00. The molecule has 7 heteroatoms. The highest BCUT2D eigenvalue weighted by Gasteiger charge is 2.74. The average Bonchev–Trinajstić information content (AvgIpc) is 3.63. The number of fused-ring (bicyclic) bond motifs is 1. The number of hydrogen-bond acceptors (Lipinski definition) is 4. The second kappa shape index (κ2) is 6.30. The summed E-state index contributed by atoms with van der Waals surface area (Å²) in [5, 5.41) is 6.28. The van der Waals surface area contributed by atoms with Crippen LogP contribution in [0.25, 0.3) is 0 Å². The molecule has 2 saturated heterocycles. The molecule has 156 valence electrons. The first-order chi connectivity index (χ1) is 14.1. The molecule has 2 bridgehead atoms. The number of carbonyl (C=O) groups excluding carboxylic acids is 3. The number of nitrogens with zero attached hydrogens (tertiary/aromatic N) is 1. The van der Waals surface area contributed by atoms with Crippen molar-refractivity contribution >= 4 is 17.7 Å². The lowest BCUT2D eigenvalue weighted by atomic mass is 9.74. The highest BCUT2D eigenvalue weighted by molar-refractivity contribution is 6.00. The summed E-state index contributed by atoms with van der Waals surface area (Å²) in [5.41, 5.74) is -0.991. The maximum Gasteiger partial charge on any atom is 0.246 e. The predicted molar refractivity (Wildman–Crippen MR) is 104 cm³/mol. The van der Waals surface area contributed by atoms with Crippen LogP contribution in [0.4, 0.5) is 0 Å². The number of likely N-dealkylation sites (tertiary alicyclic amines) is 1. The van der Waals surface area contributed by atoms with Crippen molar-refractivity contribution in [3.05, 3.63) is 12.2 Å². The second-order valence-corrected chi connectivity index (χ2v) is 9.80. The first kappa shape index (κ1) is 17.9. The van der Waals surface area contributed by atoms with Crippen LogP contribution in [0.3, 0.4) is 0 Å². The van der Waals surface area contributed by atoms with E-state index in [-0.39, 0.29) is 35.8 Å². The number of amides is 3. The number of carbonyl (C=O) groups is 3. The van der Waals surface area contributed by atoms with Crippen LogP contribution in [0.5, 0.6) is 0 Å². The third-order valence-corrected chi connectivity index (χ3v) is 7.68. The molecule has 0 aromatic carbocycles. The Kier molecular flexibility index (Phi) is 3.90. The second-order valence-electron chi connectivity index (χ2n) is 9.80. The zero-order valence-corrected chi connectivity index (χ0v) is 16.6. The molecule has 6 aliphatic rings. The molecule has 7 nitrogen and oxygen atoms in total. The predicted octanol–water partition coefficient (Wildman–Crippen LogP) is 1.03. The molecule has 0 aromatic rings. The molecular weight excluding hydrogens is 370 g/mol. The molecule has 3 amide bonds. The number of nitrogens with one attached hydrogen (secondary N) is 2. The SMILES string of the molecule is O=C(NC1CC1)[C@H]1[C@H]2C=C[C@]3(O2)[C@H]1C(=O)N(C1CC1)[C@@H]3C(=O)NC1CCCCC1. The van der Waals surface area contributed by atoms with Gasteiger partial charge in [-0.2, -0.15) is 0 Å². The summed E-state index contributed by atoms with van der Waals surface area (Å²) in [4.78, 5) is 41.7. The van der Waals surface area contributed by atoms with E-state index in [1.54, 1.807) is 4.90 Å². The van der Waals surface area contributed by atoms with Gasteiger partial charge in [-0.3, -0.25) is 14.4 Å². The third-order valence-electron chi connectivity index (χ3n) is 7.68. The van der Waals surface area contributed by atoms with Gasteiger partial charge in [0.2, 0.25) is 17.7 Å². The van der Waals surface area contributed by atoms with Crippen molar-refractivity contribution in [3.63, 3.8) is 0 Å². The van der Waals surface area contributed by atoms with Crippen LogP contribution in [-0.4, -0.2) is 58.5 Å². The van der Waals surface area contributed by atoms with Crippen molar-refractivity contribution in [2.45, 2.75) is 93.7 Å². The Balaban J connectivity index is 1.31. The minimum Gasteiger partial charge on any atom is -0.359 e. The molecule has 0 unspecified atom stereocenters. The van der Waals surface area contributed by atoms with E-state index in [0.29, 0.717) is 0 Å². The summed E-state index contributed by atoms with van der Waals surface area (Å²) < 4.78 is 6.33. The first-order valence-corrected chi connectivity index (χ1v) is 11.4. The van der Waals surface area contributed by atoms with Crippen LogP contribution in [-0.2, 0) is 19.1 Å². The van der Waals surface area contributed by atoms with Crippen molar-refractivity contribution in [2.24, 2.45) is 11.8 Å². The molecular formula is C22H29N3O4. The maximum absolute atomic E-state index is 13.5. The molecule has 3 aliphatic carbocycles. The molecule has 3 saturated carbocycles. The Hall–Kier alpha value is -1.89. The molecule has 3 heterocycles. The molecule has 6 rings (SSSR count). The van der Waals surface area contributed by atoms with Crippen LogP contribution in [0.15, 0.2) is 12.2 Å². The van der Waals surface area contributed by atoms with E-state index in [9.17, 15) is 14.4 Å². The van der Waals surface area contributed by atoms with Crippen LogP contribution in [0.1, 0.15) is 57.8 Å². The van der Waals surface area contributed by atoms with Crippen molar-refractivity contribution in [1.29, 1.82) is 0 Å². The van der Waals surface area contributed by atoms with Crippen molar-refractivity contribution in [3.8, 4) is 0 Å². The number of ether oxygens (including phenoxy) is 1. The first-order valence-electron chi connectivity index (χ1n) is 11.4. The van der Waals surface area contributed by atoms with Gasteiger partial charge in [0.15, 0.2) is 0 Å². The molecule has 5 atom stereocenters. The van der Waals surface area contributed by atoms with Crippen molar-refractivity contribution in [2.75, 3.05) is 0 Å². The highest BCUT2D eigenvalue weighted by atomic mass is 16.5. The Morgan fingerprint density at radius 2 is 1.66 bits per heavy atom. The Morgan fingerprint density at radius 3 is 2.34 bits per heavy atom. The van der Waals surface area contributed by atoms with Crippen molar-refractivity contribution in [1.82, 2.24) is 15.5 Å². The van der Waals surface area contributed by atoms with E-state index in [0.717, 1.165) is 51.4 Å². The summed E-state index contributed by atoms with van der Waals surface area (Å²) in [6.45, 7) is 0. The van der Waals surface area contributed by atoms with Crippen LogP contribution in [0.2, 0.25) is 0 Å². The zero-order valence-electron chi connectivity index (χ0n) is 16.6. The molecule has 29 heavy (non-hydrogen) atoms. The van der Waals surface area contributed by atoms with Gasteiger partial charge < -0.3 is 20.3 Å². The average molecular weight is 399 g/mol. The molecule has 0 radical (unpaired) electrons. The topological polar surface area (TPSA) is 87.7 Å². The molecule has 3 aliphatic heterocycles. The Bertz CT molecular complexity index is 783. The number of hydrogen-bond donors (Lipinski definition) is 2. The van der Waals surface area contributed by atoms with Gasteiger partial charge in [-0.05, 0) is 38.5 Å². The van der Waals surface area contributed by atoms with E-state index < -0.39 is 29.6 Å². The third kappa shape index (κ3) is 2.69. The van der Waals surface area contributed by atoms with E-state index in [1.807, 2.05) is 12.2 Å². The van der Waals surface area contributed by atoms with E-state index in [2.05, 4.69) is 10.6 Å². The summed E-state index contributed by atoms with van der Waals surface area (Å²) in [6.07, 6.45) is 12.8. The quantitative estimate of drug-likeness (QED) is 0.676. The summed E-state index contributed by atoms with van der Waals surface area (Å²) in [5.74, 6) is -1.38. The fraction of sp³-hybridized carbons (Fsp3) is 0.773. The van der Waals surface area contributed by atoms with Crippen molar-refractivity contribution < 1.29 is 19.1 Å². The van der Waals surface area contributed by atoms with Gasteiger partial charge in [-0.15, -0.1) is 0 Å². The summed E-state index contributed by atoms with van der Waals surface area (Å²) in [7, 11) is 0. The molecule has 0 aromatic heterocycles. The zero-order chi connectivity index (χ0) is 19.8. The largest absolute Gasteiger partial charge is 0.359 e. The fourth-order valence-corrected chi connectivity index (χ4v) is 6.00. The summed E-state index contributed by atoms with van der Waals surface area (Å²) in [6, 6.07) is -0.135. The van der Waals surface area contributed by atoms with Gasteiger partial charge in [0, 0.05) is 18.1 Å². The smallest absolute Gasteiger partial charge is 0.246 e. The number of rotatable bonds is 5. The summed E-state index contributed by atoms with van der Waals surface area (Å²) >= 11 is 0. The van der Waals surface area contributed by atoms with Gasteiger partial charge in [0.1, 0.15) is 11.6 Å². The van der Waals surface area contributed by atoms with Gasteiger partial charge in [-0.1, -0.05) is 31.4 Å². The lowest BCUT2D eigenvalue weighted by Crippen LogP contribution is -2.57. The van der Waals surface area contributed by atoms with Crippen LogP contribution >= 0.6 is 0 Å². The Labute approximate surface area is 170 Å². The van der Waals surface area contributed by atoms with E-state index >= 15 is 0 Å². The molecule has 2 N–H and O–H groups in total. The van der Waals surface area contributed by atoms with Gasteiger partial charge in [0.05, 0.1) is 17.9 Å². The normalized spacial score (nSPS) is 41.0. The standard InChI is InChI=1S/C22H29N3O4/c26-19(23-13-6-7-13)16-15-10-11-22(29-15)17(16)21(28)25(14-8-9-14)18(22)20(27)24-12-4-2-1-3-5-12/h10-18H,1-9H2,(H,23,26)(H,24,27)/t15-,16+,17-,18-,22+/m1/s1. The van der Waals surface area contributed by atoms with Gasteiger partial charge in [-0.25, -0.2) is 0 Å². The Morgan fingerprint density at radius 1 is 0.966 bits per heavy atom. The minimum absolute atomic E-state index is 0.0703. The van der Waals surface area contributed by atoms with Gasteiger partial charge >= 0.3 is 0 Å². The van der Waals surface area contributed by atoms with E-state index in [4.69, 9.17) is 4.74 Å². The van der Waals surface area contributed by atoms with Crippen LogP contribution < -0.4 is 10.6 Å². The lowest BCUT2D eigenvalue weighted by Gasteiger charge is -2.34. The molecule has 5 fully saturated rings.